The van der Waals surface area contributed by atoms with E-state index in [9.17, 15) is 10.1 Å². The number of aryl methyl sites for hydroxylation is 1. The number of tetrazole rings is 1. The van der Waals surface area contributed by atoms with Crippen LogP contribution in [0, 0.1) is 16.0 Å². The van der Waals surface area contributed by atoms with Gasteiger partial charge in [0.05, 0.1) is 13.0 Å². The van der Waals surface area contributed by atoms with Crippen LogP contribution in [0.1, 0.15) is 32.5 Å². The highest BCUT2D eigenvalue weighted by Gasteiger charge is 2.63. The lowest BCUT2D eigenvalue weighted by Gasteiger charge is -2.35. The first kappa shape index (κ1) is 12.0. The molecule has 0 unspecified atom stereocenters. The molecule has 0 bridgehead atoms. The summed E-state index contributed by atoms with van der Waals surface area (Å²) in [7, 11) is 1.71. The molecule has 0 N–H and O–H groups in total. The molecule has 0 saturated heterocycles. The number of fused-ring (bicyclic) bond motifs is 3. The van der Waals surface area contributed by atoms with Gasteiger partial charge in [-0.05, 0) is 25.8 Å². The second kappa shape index (κ2) is 3.72. The maximum Gasteiger partial charge on any atom is 0.340 e. The largest absolute Gasteiger partial charge is 0.340 e. The van der Waals surface area contributed by atoms with Crippen molar-refractivity contribution in [1.82, 2.24) is 15.1 Å². The molecule has 0 saturated carbocycles. The van der Waals surface area contributed by atoms with Crippen molar-refractivity contribution in [2.75, 3.05) is 0 Å². The normalized spacial score (nSPS) is 29.1. The summed E-state index contributed by atoms with van der Waals surface area (Å²) in [6.07, 6.45) is 4.93. The summed E-state index contributed by atoms with van der Waals surface area (Å²) in [5.74, 6) is 0.432. The second-order valence-corrected chi connectivity index (χ2v) is 5.44. The minimum atomic E-state index is -1.14. The van der Waals surface area contributed by atoms with Gasteiger partial charge in [-0.3, -0.25) is 10.1 Å². The van der Waals surface area contributed by atoms with Gasteiger partial charge in [-0.2, -0.15) is 0 Å². The fourth-order valence-corrected chi connectivity index (χ4v) is 3.30. The summed E-state index contributed by atoms with van der Waals surface area (Å²) in [6, 6.07) is 0. The smallest absolute Gasteiger partial charge is 0.263 e. The van der Waals surface area contributed by atoms with Gasteiger partial charge >= 0.3 is 11.4 Å². The standard InChI is InChI=1S/C12H16N5O2/c1-8-4-5-12(17(18)19)10(6-8)9(2)7-16-11(12)15(3)13-14-16/h4,7,10H,5-6H2,1-3H3/q+1/t10-,12+/m1/s1. The van der Waals surface area contributed by atoms with E-state index in [0.29, 0.717) is 18.7 Å². The molecule has 1 aliphatic heterocycles. The third kappa shape index (κ3) is 1.41. The van der Waals surface area contributed by atoms with E-state index < -0.39 is 5.54 Å². The van der Waals surface area contributed by atoms with Crippen LogP contribution in [0.3, 0.4) is 0 Å². The SMILES string of the molecule is CC1=CC[C@@]2([N+](=O)[O-])c3n(nn[n+]3C)C=C(C)[C@H]2C1. The molecular formula is C12H16N5O2+. The molecule has 1 aromatic rings. The molecule has 2 aliphatic rings. The average molecular weight is 262 g/mol. The molecule has 2 heterocycles. The molecule has 100 valence electrons. The quantitative estimate of drug-likeness (QED) is 0.325. The second-order valence-electron chi connectivity index (χ2n) is 5.44. The Morgan fingerprint density at radius 2 is 2.32 bits per heavy atom. The van der Waals surface area contributed by atoms with Crippen LogP contribution in [0.2, 0.25) is 0 Å². The molecule has 0 fully saturated rings. The minimum Gasteiger partial charge on any atom is -0.263 e. The van der Waals surface area contributed by atoms with Crippen molar-refractivity contribution < 1.29 is 9.61 Å². The van der Waals surface area contributed by atoms with Gasteiger partial charge in [-0.15, -0.1) is 4.68 Å². The number of hydrogen-bond acceptors (Lipinski definition) is 4. The molecule has 19 heavy (non-hydrogen) atoms. The third-order valence-corrected chi connectivity index (χ3v) is 4.25. The Labute approximate surface area is 110 Å². The van der Waals surface area contributed by atoms with Crippen molar-refractivity contribution >= 4 is 6.20 Å². The zero-order valence-corrected chi connectivity index (χ0v) is 11.2. The zero-order chi connectivity index (χ0) is 13.8. The summed E-state index contributed by atoms with van der Waals surface area (Å²) in [4.78, 5) is 11.7. The summed E-state index contributed by atoms with van der Waals surface area (Å²) < 4.78 is 3.07. The molecule has 0 aromatic carbocycles. The van der Waals surface area contributed by atoms with Crippen molar-refractivity contribution in [3.05, 3.63) is 33.2 Å². The topological polar surface area (TPSA) is 77.7 Å². The number of hydrogen-bond donors (Lipinski definition) is 0. The lowest BCUT2D eigenvalue weighted by atomic mass is 9.69. The van der Waals surface area contributed by atoms with Crippen molar-refractivity contribution in [1.29, 1.82) is 0 Å². The van der Waals surface area contributed by atoms with Gasteiger partial charge in [0.2, 0.25) is 0 Å². The van der Waals surface area contributed by atoms with Crippen LogP contribution >= 0.6 is 0 Å². The molecule has 0 radical (unpaired) electrons. The molecule has 7 nitrogen and oxygen atoms in total. The van der Waals surface area contributed by atoms with Gasteiger partial charge in [0.1, 0.15) is 11.4 Å². The molecule has 2 atom stereocenters. The predicted molar refractivity (Wildman–Crippen MR) is 66.3 cm³/mol. The van der Waals surface area contributed by atoms with Crippen LogP contribution < -0.4 is 4.68 Å². The predicted octanol–water partition coefficient (Wildman–Crippen LogP) is 0.805. The number of nitrogens with zero attached hydrogens (tertiary/aromatic N) is 5. The Morgan fingerprint density at radius 1 is 1.58 bits per heavy atom. The minimum absolute atomic E-state index is 0.121. The van der Waals surface area contributed by atoms with E-state index in [1.165, 1.54) is 10.3 Å². The van der Waals surface area contributed by atoms with Gasteiger partial charge in [-0.25, -0.2) is 0 Å². The molecule has 3 rings (SSSR count). The zero-order valence-electron chi connectivity index (χ0n) is 11.2. The number of allylic oxidation sites excluding steroid dienone is 1. The Kier molecular flexibility index (Phi) is 2.35. The highest BCUT2D eigenvalue weighted by atomic mass is 16.6. The Bertz CT molecular complexity index is 630. The lowest BCUT2D eigenvalue weighted by Crippen LogP contribution is -2.55. The van der Waals surface area contributed by atoms with E-state index in [1.54, 1.807) is 11.7 Å². The monoisotopic (exact) mass is 262 g/mol. The van der Waals surface area contributed by atoms with Gasteiger partial charge in [0, 0.05) is 11.3 Å². The maximum atomic E-state index is 11.8. The van der Waals surface area contributed by atoms with Crippen molar-refractivity contribution in [3.8, 4) is 0 Å². The third-order valence-electron chi connectivity index (χ3n) is 4.25. The maximum absolute atomic E-state index is 11.8. The van der Waals surface area contributed by atoms with Crippen molar-refractivity contribution in [2.45, 2.75) is 32.2 Å². The number of aromatic nitrogens is 4. The molecular weight excluding hydrogens is 246 g/mol. The Hall–Kier alpha value is -2.05. The molecule has 7 heteroatoms. The summed E-state index contributed by atoms with van der Waals surface area (Å²) in [5, 5.41) is 19.7. The van der Waals surface area contributed by atoms with Crippen LogP contribution in [0.5, 0.6) is 0 Å². The van der Waals surface area contributed by atoms with Crippen LogP contribution in [0.25, 0.3) is 6.20 Å². The highest BCUT2D eigenvalue weighted by molar-refractivity contribution is 5.40. The van der Waals surface area contributed by atoms with Gasteiger partial charge in [-0.1, -0.05) is 16.3 Å². The molecule has 0 amide bonds. The van der Waals surface area contributed by atoms with E-state index in [1.807, 2.05) is 26.1 Å². The first-order valence-electron chi connectivity index (χ1n) is 6.27. The number of rotatable bonds is 1. The van der Waals surface area contributed by atoms with Crippen LogP contribution in [-0.4, -0.2) is 20.0 Å². The van der Waals surface area contributed by atoms with E-state index in [2.05, 4.69) is 10.4 Å². The van der Waals surface area contributed by atoms with Gasteiger partial charge in [0.15, 0.2) is 5.21 Å². The summed E-state index contributed by atoms with van der Waals surface area (Å²) in [5.41, 5.74) is 1.05. The van der Waals surface area contributed by atoms with Crippen molar-refractivity contribution in [2.24, 2.45) is 13.0 Å². The van der Waals surface area contributed by atoms with Gasteiger partial charge < -0.3 is 0 Å². The van der Waals surface area contributed by atoms with Crippen LogP contribution in [0.15, 0.2) is 17.2 Å². The van der Waals surface area contributed by atoms with E-state index in [0.717, 1.165) is 5.57 Å². The highest BCUT2D eigenvalue weighted by Crippen LogP contribution is 2.47. The first-order chi connectivity index (χ1) is 8.96. The van der Waals surface area contributed by atoms with E-state index in [4.69, 9.17) is 0 Å². The molecule has 0 spiro atoms. The first-order valence-corrected chi connectivity index (χ1v) is 6.27. The average Bonchev–Trinajstić information content (AvgIpc) is 2.71. The summed E-state index contributed by atoms with van der Waals surface area (Å²) >= 11 is 0. The lowest BCUT2D eigenvalue weighted by molar-refractivity contribution is -0.763. The Balaban J connectivity index is 2.31. The van der Waals surface area contributed by atoms with E-state index >= 15 is 0 Å². The van der Waals surface area contributed by atoms with Crippen LogP contribution in [0.4, 0.5) is 0 Å². The van der Waals surface area contributed by atoms with Crippen LogP contribution in [-0.2, 0) is 12.6 Å². The summed E-state index contributed by atoms with van der Waals surface area (Å²) in [6.45, 7) is 3.97. The Morgan fingerprint density at radius 3 is 3.00 bits per heavy atom. The molecule has 1 aromatic heterocycles. The molecule has 1 aliphatic carbocycles. The number of nitro groups is 1. The van der Waals surface area contributed by atoms with Crippen molar-refractivity contribution in [3.63, 3.8) is 0 Å². The van der Waals surface area contributed by atoms with E-state index in [-0.39, 0.29) is 10.8 Å². The fraction of sp³-hybridized carbons (Fsp3) is 0.583. The fourth-order valence-electron chi connectivity index (χ4n) is 3.30. The van der Waals surface area contributed by atoms with Gasteiger partial charge in [0.25, 0.3) is 0 Å².